The van der Waals surface area contributed by atoms with Crippen LogP contribution in [-0.2, 0) is 14.3 Å². The average molecular weight is 487 g/mol. The molecule has 1 atom stereocenters. The van der Waals surface area contributed by atoms with Crippen molar-refractivity contribution in [1.82, 2.24) is 0 Å². The third kappa shape index (κ3) is 7.10. The lowest BCUT2D eigenvalue weighted by Gasteiger charge is -2.15. The van der Waals surface area contributed by atoms with Gasteiger partial charge in [0, 0.05) is 17.8 Å². The molecule has 0 saturated carbocycles. The molecule has 176 valence electrons. The molecule has 2 aromatic carbocycles. The van der Waals surface area contributed by atoms with Gasteiger partial charge in [-0.05, 0) is 38.1 Å². The van der Waals surface area contributed by atoms with Crippen LogP contribution in [0.3, 0.4) is 0 Å². The first-order valence-corrected chi connectivity index (χ1v) is 9.62. The van der Waals surface area contributed by atoms with Gasteiger partial charge in [0.15, 0.2) is 6.10 Å². The number of nitro benzene ring substituents is 1. The van der Waals surface area contributed by atoms with Gasteiger partial charge in [-0.3, -0.25) is 14.9 Å². The Balaban J connectivity index is 2.13. The Kier molecular flexibility index (Phi) is 8.63. The van der Waals surface area contributed by atoms with Crippen LogP contribution in [-0.4, -0.2) is 42.1 Å². The predicted molar refractivity (Wildman–Crippen MR) is 111 cm³/mol. The molecule has 0 aliphatic rings. The van der Waals surface area contributed by atoms with Gasteiger partial charge in [0.1, 0.15) is 5.75 Å². The highest BCUT2D eigenvalue weighted by Crippen LogP contribution is 2.29. The van der Waals surface area contributed by atoms with Crippen molar-refractivity contribution in [3.8, 4) is 5.75 Å². The number of anilines is 1. The Morgan fingerprint density at radius 2 is 1.76 bits per heavy atom. The molecule has 1 N–H and O–H groups in total. The first-order valence-electron chi connectivity index (χ1n) is 9.24. The van der Waals surface area contributed by atoms with Crippen LogP contribution in [0, 0.1) is 10.1 Å². The zero-order chi connectivity index (χ0) is 24.7. The van der Waals surface area contributed by atoms with E-state index in [2.05, 4.69) is 10.1 Å². The SMILES string of the molecule is CCOC(=O)c1cc(C(=O)OC(C)C(=O)Nc2ccc(OC(F)F)c(Cl)c2)cc([N+](=O)[O-])c1. The first-order chi connectivity index (χ1) is 15.5. The van der Waals surface area contributed by atoms with Crippen LogP contribution < -0.4 is 10.1 Å². The van der Waals surface area contributed by atoms with Gasteiger partial charge in [0.05, 0.1) is 27.7 Å². The van der Waals surface area contributed by atoms with E-state index in [0.29, 0.717) is 0 Å². The molecule has 0 aliphatic heterocycles. The second-order valence-corrected chi connectivity index (χ2v) is 6.71. The third-order valence-electron chi connectivity index (χ3n) is 3.94. The van der Waals surface area contributed by atoms with Gasteiger partial charge in [-0.1, -0.05) is 11.6 Å². The summed E-state index contributed by atoms with van der Waals surface area (Å²) in [4.78, 5) is 47.0. The van der Waals surface area contributed by atoms with Gasteiger partial charge >= 0.3 is 18.6 Å². The lowest BCUT2D eigenvalue weighted by Crippen LogP contribution is -2.30. The van der Waals surface area contributed by atoms with Crippen LogP contribution in [0.5, 0.6) is 5.75 Å². The van der Waals surface area contributed by atoms with E-state index in [1.165, 1.54) is 19.9 Å². The number of benzene rings is 2. The van der Waals surface area contributed by atoms with E-state index in [0.717, 1.165) is 30.3 Å². The smallest absolute Gasteiger partial charge is 0.387 e. The molecule has 0 radical (unpaired) electrons. The number of rotatable bonds is 9. The summed E-state index contributed by atoms with van der Waals surface area (Å²) in [5, 5.41) is 13.3. The second-order valence-electron chi connectivity index (χ2n) is 6.31. The van der Waals surface area contributed by atoms with E-state index in [1.54, 1.807) is 0 Å². The van der Waals surface area contributed by atoms with Gasteiger partial charge < -0.3 is 19.5 Å². The summed E-state index contributed by atoms with van der Waals surface area (Å²) in [5.41, 5.74) is -1.03. The van der Waals surface area contributed by atoms with E-state index in [9.17, 15) is 33.3 Å². The molecule has 1 unspecified atom stereocenters. The highest BCUT2D eigenvalue weighted by Gasteiger charge is 2.23. The number of nitrogens with zero attached hydrogens (tertiary/aromatic N) is 1. The van der Waals surface area contributed by atoms with Crippen molar-refractivity contribution >= 4 is 40.8 Å². The molecular formula is C20H17ClF2N2O8. The second kappa shape index (κ2) is 11.2. The third-order valence-corrected chi connectivity index (χ3v) is 4.24. The van der Waals surface area contributed by atoms with Crippen molar-refractivity contribution in [3.63, 3.8) is 0 Å². The maximum atomic E-state index is 12.4. The fraction of sp³-hybridized carbons (Fsp3) is 0.250. The summed E-state index contributed by atoms with van der Waals surface area (Å²) < 4.78 is 38.6. The van der Waals surface area contributed by atoms with E-state index >= 15 is 0 Å². The van der Waals surface area contributed by atoms with Crippen molar-refractivity contribution in [2.24, 2.45) is 0 Å². The topological polar surface area (TPSA) is 134 Å². The molecule has 1 amide bonds. The van der Waals surface area contributed by atoms with Crippen LogP contribution in [0.2, 0.25) is 5.02 Å². The summed E-state index contributed by atoms with van der Waals surface area (Å²) >= 11 is 5.82. The number of non-ortho nitro benzene ring substituents is 1. The minimum Gasteiger partial charge on any atom is -0.462 e. The number of nitrogens with one attached hydrogen (secondary N) is 1. The summed E-state index contributed by atoms with van der Waals surface area (Å²) in [6.07, 6.45) is -1.38. The van der Waals surface area contributed by atoms with Crippen LogP contribution in [0.25, 0.3) is 0 Å². The molecule has 2 rings (SSSR count). The van der Waals surface area contributed by atoms with Crippen molar-refractivity contribution in [2.75, 3.05) is 11.9 Å². The quantitative estimate of drug-likeness (QED) is 0.316. The maximum absolute atomic E-state index is 12.4. The zero-order valence-corrected chi connectivity index (χ0v) is 17.9. The number of halogens is 3. The first kappa shape index (κ1) is 25.5. The Bertz CT molecular complexity index is 1080. The van der Waals surface area contributed by atoms with Crippen LogP contribution >= 0.6 is 11.6 Å². The van der Waals surface area contributed by atoms with Crippen molar-refractivity contribution < 1.29 is 42.3 Å². The Hall–Kier alpha value is -3.80. The molecule has 0 saturated heterocycles. The molecule has 0 aliphatic carbocycles. The Labute approximate surface area is 190 Å². The van der Waals surface area contributed by atoms with Crippen molar-refractivity contribution in [3.05, 3.63) is 62.7 Å². The molecular weight excluding hydrogens is 470 g/mol. The predicted octanol–water partition coefficient (Wildman–Crippen LogP) is 4.21. The van der Waals surface area contributed by atoms with Crippen molar-refractivity contribution in [1.29, 1.82) is 0 Å². The van der Waals surface area contributed by atoms with Crippen LogP contribution in [0.15, 0.2) is 36.4 Å². The molecule has 0 heterocycles. The summed E-state index contributed by atoms with van der Waals surface area (Å²) in [6.45, 7) is -0.303. The molecule has 0 fully saturated rings. The number of amides is 1. The van der Waals surface area contributed by atoms with Crippen LogP contribution in [0.4, 0.5) is 20.2 Å². The molecule has 0 bridgehead atoms. The molecule has 13 heteroatoms. The number of alkyl halides is 2. The number of esters is 2. The van der Waals surface area contributed by atoms with Gasteiger partial charge in [0.25, 0.3) is 11.6 Å². The Morgan fingerprint density at radius 1 is 1.12 bits per heavy atom. The molecule has 0 spiro atoms. The molecule has 0 aromatic heterocycles. The number of carbonyl (C=O) groups excluding carboxylic acids is 3. The number of ether oxygens (including phenoxy) is 3. The van der Waals surface area contributed by atoms with E-state index in [4.69, 9.17) is 21.1 Å². The lowest BCUT2D eigenvalue weighted by atomic mass is 10.1. The normalized spacial score (nSPS) is 11.5. The van der Waals surface area contributed by atoms with Crippen molar-refractivity contribution in [2.45, 2.75) is 26.6 Å². The maximum Gasteiger partial charge on any atom is 0.387 e. The molecule has 33 heavy (non-hydrogen) atoms. The largest absolute Gasteiger partial charge is 0.462 e. The minimum absolute atomic E-state index is 0.0117. The zero-order valence-electron chi connectivity index (χ0n) is 17.2. The number of hydrogen-bond acceptors (Lipinski definition) is 8. The fourth-order valence-electron chi connectivity index (χ4n) is 2.46. The summed E-state index contributed by atoms with van der Waals surface area (Å²) in [7, 11) is 0. The molecule has 10 nitrogen and oxygen atoms in total. The minimum atomic E-state index is -3.08. The van der Waals surface area contributed by atoms with E-state index in [1.807, 2.05) is 0 Å². The van der Waals surface area contributed by atoms with Gasteiger partial charge in [0.2, 0.25) is 0 Å². The average Bonchev–Trinajstić information content (AvgIpc) is 2.75. The van der Waals surface area contributed by atoms with Gasteiger partial charge in [-0.25, -0.2) is 9.59 Å². The monoisotopic (exact) mass is 486 g/mol. The van der Waals surface area contributed by atoms with Crippen LogP contribution in [0.1, 0.15) is 34.6 Å². The lowest BCUT2D eigenvalue weighted by molar-refractivity contribution is -0.384. The Morgan fingerprint density at radius 3 is 2.30 bits per heavy atom. The van der Waals surface area contributed by atoms with Gasteiger partial charge in [-0.2, -0.15) is 8.78 Å². The highest BCUT2D eigenvalue weighted by molar-refractivity contribution is 6.32. The summed E-state index contributed by atoms with van der Waals surface area (Å²) in [5.74, 6) is -3.09. The standard InChI is InChI=1S/C20H17ClF2N2O8/c1-3-31-18(27)11-6-12(8-14(7-11)25(29)30)19(28)32-10(2)17(26)24-13-4-5-16(15(21)9-13)33-20(22)23/h4-10,20H,3H2,1-2H3,(H,24,26). The van der Waals surface area contributed by atoms with Gasteiger partial charge in [-0.15, -0.1) is 0 Å². The highest BCUT2D eigenvalue weighted by atomic mass is 35.5. The van der Waals surface area contributed by atoms with E-state index < -0.39 is 41.2 Å². The fourth-order valence-corrected chi connectivity index (χ4v) is 2.69. The summed E-state index contributed by atoms with van der Waals surface area (Å²) in [6, 6.07) is 6.37. The number of carbonyl (C=O) groups is 3. The molecule has 2 aromatic rings. The number of hydrogen-bond donors (Lipinski definition) is 1. The number of nitro groups is 1. The van der Waals surface area contributed by atoms with E-state index in [-0.39, 0.29) is 34.2 Å².